The third-order valence-corrected chi connectivity index (χ3v) is 4.64. The Labute approximate surface area is 183 Å². The highest BCUT2D eigenvalue weighted by atomic mass is 35.5. The van der Waals surface area contributed by atoms with Crippen molar-refractivity contribution in [1.82, 2.24) is 10.3 Å². The van der Waals surface area contributed by atoms with Crippen LogP contribution in [0.4, 0.5) is 0 Å². The van der Waals surface area contributed by atoms with E-state index in [1.165, 1.54) is 0 Å². The number of amides is 1. The number of halogens is 2. The van der Waals surface area contributed by atoms with Crippen LogP contribution in [0.15, 0.2) is 42.6 Å². The number of nitrogens with one attached hydrogen (secondary N) is 1. The largest absolute Gasteiger partial charge is 0.497 e. The fraction of sp³-hybridized carbons (Fsp3) is 0.400. The number of pyridine rings is 1. The molecule has 2 heterocycles. The van der Waals surface area contributed by atoms with E-state index >= 15 is 0 Å². The number of carbonyl (C=O) groups excluding carboxylic acids is 1. The molecule has 1 atom stereocenters. The van der Waals surface area contributed by atoms with E-state index in [0.717, 1.165) is 18.4 Å². The number of hydrogen-bond donors (Lipinski definition) is 2. The van der Waals surface area contributed by atoms with Crippen molar-refractivity contribution in [3.63, 3.8) is 0 Å². The van der Waals surface area contributed by atoms with Crippen LogP contribution >= 0.6 is 24.8 Å². The second kappa shape index (κ2) is 12.5. The molecule has 0 radical (unpaired) electrons. The van der Waals surface area contributed by atoms with Crippen LogP contribution in [0.5, 0.6) is 17.4 Å². The number of ether oxygens (including phenoxy) is 3. The van der Waals surface area contributed by atoms with Crippen LogP contribution in [-0.2, 0) is 16.1 Å². The van der Waals surface area contributed by atoms with Gasteiger partial charge in [-0.15, -0.1) is 24.8 Å². The Kier molecular flexibility index (Phi) is 10.8. The molecule has 0 saturated carbocycles. The van der Waals surface area contributed by atoms with Crippen molar-refractivity contribution < 1.29 is 19.0 Å². The summed E-state index contributed by atoms with van der Waals surface area (Å²) in [7, 11) is 1.60. The average Bonchev–Trinajstić information content (AvgIpc) is 2.73. The highest BCUT2D eigenvalue weighted by molar-refractivity contribution is 5.85. The molecule has 9 heteroatoms. The predicted octanol–water partition coefficient (Wildman–Crippen LogP) is 3.10. The lowest BCUT2D eigenvalue weighted by Crippen LogP contribution is -2.46. The van der Waals surface area contributed by atoms with Crippen LogP contribution in [0.25, 0.3) is 0 Å². The van der Waals surface area contributed by atoms with Gasteiger partial charge in [-0.1, -0.05) is 12.1 Å². The molecule has 1 saturated heterocycles. The third-order valence-electron chi connectivity index (χ3n) is 4.64. The van der Waals surface area contributed by atoms with E-state index in [0.29, 0.717) is 37.1 Å². The van der Waals surface area contributed by atoms with Crippen molar-refractivity contribution >= 4 is 30.7 Å². The summed E-state index contributed by atoms with van der Waals surface area (Å²) in [5.41, 5.74) is 6.89. The molecular formula is C20H27Cl2N3O4. The summed E-state index contributed by atoms with van der Waals surface area (Å²) in [6.45, 7) is 1.61. The Morgan fingerprint density at radius 1 is 1.24 bits per heavy atom. The first-order chi connectivity index (χ1) is 13.2. The molecule has 3 rings (SSSR count). The van der Waals surface area contributed by atoms with E-state index in [4.69, 9.17) is 19.9 Å². The van der Waals surface area contributed by atoms with Crippen molar-refractivity contribution in [2.24, 2.45) is 11.7 Å². The number of carbonyl (C=O) groups is 1. The first-order valence-corrected chi connectivity index (χ1v) is 9.04. The van der Waals surface area contributed by atoms with E-state index in [2.05, 4.69) is 10.3 Å². The van der Waals surface area contributed by atoms with E-state index in [1.54, 1.807) is 25.4 Å². The molecule has 1 aliphatic heterocycles. The lowest BCUT2D eigenvalue weighted by Gasteiger charge is -2.26. The smallest absolute Gasteiger partial charge is 0.237 e. The van der Waals surface area contributed by atoms with E-state index in [9.17, 15) is 4.79 Å². The van der Waals surface area contributed by atoms with Gasteiger partial charge in [0.15, 0.2) is 0 Å². The Balaban J connectivity index is 0.00000210. The summed E-state index contributed by atoms with van der Waals surface area (Å²) in [6.07, 6.45) is 3.27. The fourth-order valence-electron chi connectivity index (χ4n) is 3.02. The van der Waals surface area contributed by atoms with Gasteiger partial charge in [0.25, 0.3) is 0 Å². The van der Waals surface area contributed by atoms with Crippen LogP contribution in [0.1, 0.15) is 18.4 Å². The number of aromatic nitrogens is 1. The zero-order valence-corrected chi connectivity index (χ0v) is 17.8. The van der Waals surface area contributed by atoms with Crippen molar-refractivity contribution in [2.75, 3.05) is 20.3 Å². The van der Waals surface area contributed by atoms with Gasteiger partial charge in [0.1, 0.15) is 11.5 Å². The van der Waals surface area contributed by atoms with Crippen molar-refractivity contribution in [3.8, 4) is 17.4 Å². The second-order valence-electron chi connectivity index (χ2n) is 6.44. The standard InChI is InChI=1S/C20H25N3O4.2ClH/c1-25-16-5-2-6-17(12-16)27-20-15(4-3-9-22-20)13-23-19(24)18(21)14-7-10-26-11-8-14;;/h2-6,9,12,14,18H,7-8,10-11,13,21H2,1H3,(H,23,24);2*1H. The van der Waals surface area contributed by atoms with Gasteiger partial charge in [0.2, 0.25) is 11.8 Å². The molecule has 1 aromatic carbocycles. The summed E-state index contributed by atoms with van der Waals surface area (Å²) < 4.78 is 16.4. The van der Waals surface area contributed by atoms with Gasteiger partial charge in [0, 0.05) is 37.6 Å². The van der Waals surface area contributed by atoms with Crippen LogP contribution < -0.4 is 20.5 Å². The maximum atomic E-state index is 12.4. The van der Waals surface area contributed by atoms with Crippen molar-refractivity contribution in [1.29, 1.82) is 0 Å². The zero-order valence-electron chi connectivity index (χ0n) is 16.2. The summed E-state index contributed by atoms with van der Waals surface area (Å²) in [4.78, 5) is 16.7. The maximum absolute atomic E-state index is 12.4. The lowest BCUT2D eigenvalue weighted by molar-refractivity contribution is -0.124. The minimum absolute atomic E-state index is 0. The first-order valence-electron chi connectivity index (χ1n) is 9.04. The molecule has 160 valence electrons. The van der Waals surface area contributed by atoms with Gasteiger partial charge in [-0.05, 0) is 37.0 Å². The van der Waals surface area contributed by atoms with Gasteiger partial charge in [-0.2, -0.15) is 0 Å². The van der Waals surface area contributed by atoms with Crippen LogP contribution in [0, 0.1) is 5.92 Å². The molecule has 0 aliphatic carbocycles. The highest BCUT2D eigenvalue weighted by Gasteiger charge is 2.26. The molecule has 0 spiro atoms. The number of nitrogens with two attached hydrogens (primary N) is 1. The molecular weight excluding hydrogens is 417 g/mol. The molecule has 2 aromatic rings. The molecule has 1 amide bonds. The number of nitrogens with zero attached hydrogens (tertiary/aromatic N) is 1. The van der Waals surface area contributed by atoms with Crippen molar-refractivity contribution in [3.05, 3.63) is 48.2 Å². The number of rotatable bonds is 7. The van der Waals surface area contributed by atoms with Gasteiger partial charge in [-0.3, -0.25) is 4.79 Å². The van der Waals surface area contributed by atoms with Gasteiger partial charge in [-0.25, -0.2) is 4.98 Å². The number of methoxy groups -OCH3 is 1. The molecule has 1 unspecified atom stereocenters. The quantitative estimate of drug-likeness (QED) is 0.682. The number of hydrogen-bond acceptors (Lipinski definition) is 6. The predicted molar refractivity (Wildman–Crippen MR) is 115 cm³/mol. The second-order valence-corrected chi connectivity index (χ2v) is 6.44. The minimum atomic E-state index is -0.534. The number of benzene rings is 1. The average molecular weight is 444 g/mol. The topological polar surface area (TPSA) is 95.7 Å². The van der Waals surface area contributed by atoms with E-state index in [1.807, 2.05) is 24.3 Å². The molecule has 7 nitrogen and oxygen atoms in total. The molecule has 1 aliphatic rings. The zero-order chi connectivity index (χ0) is 19.1. The van der Waals surface area contributed by atoms with Crippen molar-refractivity contribution in [2.45, 2.75) is 25.4 Å². The highest BCUT2D eigenvalue weighted by Crippen LogP contribution is 2.26. The van der Waals surface area contributed by atoms with Crippen LogP contribution in [0.3, 0.4) is 0 Å². The molecule has 29 heavy (non-hydrogen) atoms. The summed E-state index contributed by atoms with van der Waals surface area (Å²) in [5, 5.41) is 2.90. The minimum Gasteiger partial charge on any atom is -0.497 e. The normalized spacial score (nSPS) is 14.7. The Morgan fingerprint density at radius 2 is 1.97 bits per heavy atom. The molecule has 0 bridgehead atoms. The van der Waals surface area contributed by atoms with Gasteiger partial charge in [0.05, 0.1) is 13.2 Å². The monoisotopic (exact) mass is 443 g/mol. The Hall–Kier alpha value is -2.06. The van der Waals surface area contributed by atoms with Gasteiger partial charge < -0.3 is 25.3 Å². The Morgan fingerprint density at radius 3 is 2.69 bits per heavy atom. The van der Waals surface area contributed by atoms with E-state index in [-0.39, 0.29) is 36.6 Å². The molecule has 3 N–H and O–H groups in total. The van der Waals surface area contributed by atoms with Crippen LogP contribution in [-0.4, -0.2) is 37.3 Å². The summed E-state index contributed by atoms with van der Waals surface area (Å²) >= 11 is 0. The molecule has 1 aromatic heterocycles. The summed E-state index contributed by atoms with van der Waals surface area (Å²) in [5.74, 6) is 1.73. The Bertz CT molecular complexity index is 773. The maximum Gasteiger partial charge on any atom is 0.237 e. The molecule has 1 fully saturated rings. The SMILES string of the molecule is COc1cccc(Oc2ncccc2CNC(=O)C(N)C2CCOCC2)c1.Cl.Cl. The first kappa shape index (κ1) is 25.0. The summed E-state index contributed by atoms with van der Waals surface area (Å²) in [6, 6.07) is 10.4. The fourth-order valence-corrected chi connectivity index (χ4v) is 3.02. The van der Waals surface area contributed by atoms with Gasteiger partial charge >= 0.3 is 0 Å². The van der Waals surface area contributed by atoms with Crippen LogP contribution in [0.2, 0.25) is 0 Å². The third kappa shape index (κ3) is 7.04. The van der Waals surface area contributed by atoms with E-state index < -0.39 is 6.04 Å². The lowest BCUT2D eigenvalue weighted by atomic mass is 9.92.